The minimum absolute atomic E-state index is 0.441. The van der Waals surface area contributed by atoms with Crippen molar-refractivity contribution >= 4 is 0 Å². The highest BCUT2D eigenvalue weighted by Gasteiger charge is 2.08. The van der Waals surface area contributed by atoms with Crippen LogP contribution in [0, 0.1) is 0 Å². The third-order valence-electron chi connectivity index (χ3n) is 1.60. The van der Waals surface area contributed by atoms with Crippen LogP contribution in [0.4, 0.5) is 0 Å². The summed E-state index contributed by atoms with van der Waals surface area (Å²) in [4.78, 5) is 1.38. The van der Waals surface area contributed by atoms with Gasteiger partial charge < -0.3 is 10.4 Å². The Bertz CT molecular complexity index is 249. The molecule has 1 aromatic heterocycles. The maximum absolute atomic E-state index is 9.46. The molecular formula is C7H15N5O. The molecule has 13 heavy (non-hydrogen) atoms. The van der Waals surface area contributed by atoms with E-state index in [9.17, 15) is 5.11 Å². The molecular weight excluding hydrogens is 170 g/mol. The molecule has 0 aliphatic carbocycles. The van der Waals surface area contributed by atoms with E-state index in [1.807, 2.05) is 6.92 Å². The molecule has 0 fully saturated rings. The molecule has 0 spiro atoms. The van der Waals surface area contributed by atoms with Gasteiger partial charge in [0, 0.05) is 13.0 Å². The topological polar surface area (TPSA) is 75.9 Å². The fourth-order valence-electron chi connectivity index (χ4n) is 0.999. The number of aliphatic hydroxyl groups is 1. The Morgan fingerprint density at radius 3 is 2.92 bits per heavy atom. The van der Waals surface area contributed by atoms with Crippen LogP contribution in [0.15, 0.2) is 0 Å². The molecule has 0 aromatic carbocycles. The number of rotatable bonds is 5. The molecule has 0 bridgehead atoms. The van der Waals surface area contributed by atoms with Gasteiger partial charge in [-0.3, -0.25) is 0 Å². The van der Waals surface area contributed by atoms with Crippen LogP contribution in [0.5, 0.6) is 0 Å². The molecule has 1 heterocycles. The molecule has 0 saturated heterocycles. The highest BCUT2D eigenvalue weighted by Crippen LogP contribution is 1.92. The monoisotopic (exact) mass is 185 g/mol. The van der Waals surface area contributed by atoms with E-state index in [1.165, 1.54) is 4.80 Å². The first-order valence-electron chi connectivity index (χ1n) is 4.34. The average Bonchev–Trinajstić information content (AvgIpc) is 2.48. The first-order valence-corrected chi connectivity index (χ1v) is 4.34. The Morgan fingerprint density at radius 1 is 1.62 bits per heavy atom. The smallest absolute Gasteiger partial charge is 0.177 e. The van der Waals surface area contributed by atoms with E-state index in [0.29, 0.717) is 18.8 Å². The highest BCUT2D eigenvalue weighted by atomic mass is 16.3. The van der Waals surface area contributed by atoms with Gasteiger partial charge in [0.1, 0.15) is 0 Å². The molecule has 0 aliphatic rings. The molecule has 1 aromatic rings. The fourth-order valence-corrected chi connectivity index (χ4v) is 0.999. The molecule has 0 radical (unpaired) electrons. The molecule has 2 N–H and O–H groups in total. The maximum Gasteiger partial charge on any atom is 0.177 e. The SMILES string of the molecule is CCNCC(O)Cc1nnn(C)n1. The van der Waals surface area contributed by atoms with E-state index >= 15 is 0 Å². The van der Waals surface area contributed by atoms with Crippen molar-refractivity contribution < 1.29 is 5.11 Å². The van der Waals surface area contributed by atoms with Crippen LogP contribution in [0.1, 0.15) is 12.7 Å². The maximum atomic E-state index is 9.46. The van der Waals surface area contributed by atoms with Crippen molar-refractivity contribution in [3.63, 3.8) is 0 Å². The van der Waals surface area contributed by atoms with Crippen molar-refractivity contribution in [1.82, 2.24) is 25.5 Å². The lowest BCUT2D eigenvalue weighted by Crippen LogP contribution is -2.28. The van der Waals surface area contributed by atoms with E-state index in [-0.39, 0.29) is 0 Å². The molecule has 6 nitrogen and oxygen atoms in total. The Kier molecular flexibility index (Phi) is 3.78. The van der Waals surface area contributed by atoms with Crippen molar-refractivity contribution in [2.45, 2.75) is 19.4 Å². The quantitative estimate of drug-likeness (QED) is 0.597. The van der Waals surface area contributed by atoms with Crippen molar-refractivity contribution in [2.75, 3.05) is 13.1 Å². The van der Waals surface area contributed by atoms with Crippen molar-refractivity contribution in [1.29, 1.82) is 0 Å². The van der Waals surface area contributed by atoms with Crippen molar-refractivity contribution in [3.8, 4) is 0 Å². The summed E-state index contributed by atoms with van der Waals surface area (Å²) in [6.07, 6.45) is 0.00468. The lowest BCUT2D eigenvalue weighted by molar-refractivity contribution is 0.170. The van der Waals surface area contributed by atoms with E-state index < -0.39 is 6.10 Å². The van der Waals surface area contributed by atoms with E-state index in [0.717, 1.165) is 6.54 Å². The van der Waals surface area contributed by atoms with Gasteiger partial charge in [-0.2, -0.15) is 4.80 Å². The third kappa shape index (κ3) is 3.47. The summed E-state index contributed by atoms with van der Waals surface area (Å²) in [6.45, 7) is 3.41. The van der Waals surface area contributed by atoms with Crippen LogP contribution < -0.4 is 5.32 Å². The van der Waals surface area contributed by atoms with Crippen LogP contribution in [0.3, 0.4) is 0 Å². The van der Waals surface area contributed by atoms with Gasteiger partial charge in [0.2, 0.25) is 0 Å². The average molecular weight is 185 g/mol. The van der Waals surface area contributed by atoms with Gasteiger partial charge in [-0.1, -0.05) is 6.92 Å². The minimum Gasteiger partial charge on any atom is -0.391 e. The van der Waals surface area contributed by atoms with E-state index in [4.69, 9.17) is 0 Å². The van der Waals surface area contributed by atoms with Crippen molar-refractivity contribution in [2.24, 2.45) is 7.05 Å². The number of aromatic nitrogens is 4. The van der Waals surface area contributed by atoms with Gasteiger partial charge in [0.25, 0.3) is 0 Å². The van der Waals surface area contributed by atoms with Crippen molar-refractivity contribution in [3.05, 3.63) is 5.82 Å². The van der Waals surface area contributed by atoms with Crippen LogP contribution in [-0.2, 0) is 13.5 Å². The minimum atomic E-state index is -0.441. The molecule has 1 unspecified atom stereocenters. The summed E-state index contributed by atoms with van der Waals surface area (Å²) >= 11 is 0. The zero-order valence-electron chi connectivity index (χ0n) is 7.93. The summed E-state index contributed by atoms with van der Waals surface area (Å²) in [5.74, 6) is 0.577. The van der Waals surface area contributed by atoms with Gasteiger partial charge in [-0.15, -0.1) is 10.2 Å². The Morgan fingerprint density at radius 2 is 2.38 bits per heavy atom. The van der Waals surface area contributed by atoms with Gasteiger partial charge in [-0.25, -0.2) is 0 Å². The number of aliphatic hydroxyl groups excluding tert-OH is 1. The number of aryl methyl sites for hydroxylation is 1. The number of nitrogens with one attached hydrogen (secondary N) is 1. The molecule has 74 valence electrons. The second kappa shape index (κ2) is 4.88. The predicted molar refractivity (Wildman–Crippen MR) is 47.1 cm³/mol. The second-order valence-electron chi connectivity index (χ2n) is 2.86. The summed E-state index contributed by atoms with van der Waals surface area (Å²) in [7, 11) is 1.70. The molecule has 0 saturated carbocycles. The van der Waals surface area contributed by atoms with Crippen LogP contribution >= 0.6 is 0 Å². The standard InChI is InChI=1S/C7H15N5O/c1-3-8-5-6(13)4-7-9-11-12(2)10-7/h6,8,13H,3-5H2,1-2H3. The summed E-state index contributed by atoms with van der Waals surface area (Å²) in [5.41, 5.74) is 0. The molecule has 6 heteroatoms. The first kappa shape index (κ1) is 10.1. The van der Waals surface area contributed by atoms with Gasteiger partial charge >= 0.3 is 0 Å². The zero-order chi connectivity index (χ0) is 9.68. The van der Waals surface area contributed by atoms with Crippen LogP contribution in [-0.4, -0.2) is 44.5 Å². The summed E-state index contributed by atoms with van der Waals surface area (Å²) < 4.78 is 0. The number of hydrogen-bond acceptors (Lipinski definition) is 5. The lowest BCUT2D eigenvalue weighted by atomic mass is 10.2. The number of nitrogens with zero attached hydrogens (tertiary/aromatic N) is 4. The third-order valence-corrected chi connectivity index (χ3v) is 1.60. The molecule has 0 aliphatic heterocycles. The fraction of sp³-hybridized carbons (Fsp3) is 0.857. The number of hydrogen-bond donors (Lipinski definition) is 2. The Balaban J connectivity index is 2.31. The Labute approximate surface area is 76.9 Å². The second-order valence-corrected chi connectivity index (χ2v) is 2.86. The molecule has 0 amide bonds. The number of likely N-dealkylation sites (N-methyl/N-ethyl adjacent to an activating group) is 1. The highest BCUT2D eigenvalue weighted by molar-refractivity contribution is 4.81. The summed E-state index contributed by atoms with van der Waals surface area (Å²) in [5, 5.41) is 23.9. The normalized spacial score (nSPS) is 13.2. The van der Waals surface area contributed by atoms with Gasteiger partial charge in [0.15, 0.2) is 5.82 Å². The zero-order valence-corrected chi connectivity index (χ0v) is 7.93. The molecule has 1 rings (SSSR count). The largest absolute Gasteiger partial charge is 0.391 e. The van der Waals surface area contributed by atoms with Gasteiger partial charge in [-0.05, 0) is 11.8 Å². The lowest BCUT2D eigenvalue weighted by Gasteiger charge is -2.07. The van der Waals surface area contributed by atoms with Gasteiger partial charge in [0.05, 0.1) is 13.2 Å². The first-order chi connectivity index (χ1) is 6.22. The van der Waals surface area contributed by atoms with Crippen LogP contribution in [0.2, 0.25) is 0 Å². The van der Waals surface area contributed by atoms with E-state index in [2.05, 4.69) is 20.7 Å². The number of tetrazole rings is 1. The van der Waals surface area contributed by atoms with E-state index in [1.54, 1.807) is 7.05 Å². The molecule has 1 atom stereocenters. The summed E-state index contributed by atoms with van der Waals surface area (Å²) in [6, 6.07) is 0. The predicted octanol–water partition coefficient (Wildman–Crippen LogP) is -1.28. The Hall–Kier alpha value is -1.01. The van der Waals surface area contributed by atoms with Crippen LogP contribution in [0.25, 0.3) is 0 Å².